The van der Waals surface area contributed by atoms with E-state index in [2.05, 4.69) is 15.0 Å². The molecule has 8 heteroatoms. The molecule has 0 aliphatic rings. The van der Waals surface area contributed by atoms with Gasteiger partial charge in [0.25, 0.3) is 0 Å². The highest BCUT2D eigenvalue weighted by Crippen LogP contribution is 2.44. The maximum atomic E-state index is 14.3. The molecule has 0 amide bonds. The molecule has 1 aromatic heterocycles. The van der Waals surface area contributed by atoms with Crippen LogP contribution in [0.3, 0.4) is 0 Å². The van der Waals surface area contributed by atoms with Crippen molar-refractivity contribution in [2.45, 2.75) is 58.2 Å². The second kappa shape index (κ2) is 9.70. The van der Waals surface area contributed by atoms with Crippen LogP contribution in [-0.4, -0.2) is 40.2 Å². The molecule has 1 N–H and O–H groups in total. The number of fused-ring (bicyclic) bond motifs is 1. The number of rotatable bonds is 7. The summed E-state index contributed by atoms with van der Waals surface area (Å²) in [6.45, 7) is 8.80. The van der Waals surface area contributed by atoms with Gasteiger partial charge in [0.15, 0.2) is 5.60 Å². The molecule has 0 aliphatic carbocycles. The summed E-state index contributed by atoms with van der Waals surface area (Å²) < 4.78 is 48.2. The zero-order valence-electron chi connectivity index (χ0n) is 20.2. The maximum absolute atomic E-state index is 14.3. The van der Waals surface area contributed by atoms with Crippen LogP contribution in [0.5, 0.6) is 5.75 Å². The van der Waals surface area contributed by atoms with Crippen molar-refractivity contribution in [3.8, 4) is 5.75 Å². The average molecular weight is 474 g/mol. The van der Waals surface area contributed by atoms with E-state index in [1.54, 1.807) is 38.1 Å². The fraction of sp³-hybridized carbons (Fsp3) is 0.423. The summed E-state index contributed by atoms with van der Waals surface area (Å²) in [7, 11) is 1.49. The van der Waals surface area contributed by atoms with E-state index < -0.39 is 23.6 Å². The number of aryl methyl sites for hydroxylation is 1. The number of alkyl halides is 3. The van der Waals surface area contributed by atoms with Crippen LogP contribution in [0.4, 0.5) is 18.9 Å². The number of ether oxygens (including phenoxy) is 1. The number of methoxy groups -OCH3 is 1. The molecule has 0 fully saturated rings. The molecule has 0 bridgehead atoms. The quantitative estimate of drug-likeness (QED) is 0.398. The zero-order chi connectivity index (χ0) is 25.3. The van der Waals surface area contributed by atoms with Crippen molar-refractivity contribution in [3.63, 3.8) is 0 Å². The fourth-order valence-corrected chi connectivity index (χ4v) is 3.98. The Labute approximate surface area is 197 Å². The van der Waals surface area contributed by atoms with Crippen molar-refractivity contribution < 1.29 is 23.0 Å². The highest BCUT2D eigenvalue weighted by atomic mass is 19.4. The van der Waals surface area contributed by atoms with Gasteiger partial charge >= 0.3 is 6.18 Å². The Kier molecular flexibility index (Phi) is 7.31. The number of aliphatic imine (C=N–C) groups is 1. The van der Waals surface area contributed by atoms with Gasteiger partial charge in [-0.25, -0.2) is 9.97 Å². The van der Waals surface area contributed by atoms with Crippen LogP contribution in [0.1, 0.15) is 56.5 Å². The van der Waals surface area contributed by atoms with Gasteiger partial charge in [-0.3, -0.25) is 4.99 Å². The minimum atomic E-state index is -4.95. The topological polar surface area (TPSA) is 67.6 Å². The van der Waals surface area contributed by atoms with Crippen molar-refractivity contribution in [1.29, 1.82) is 0 Å². The van der Waals surface area contributed by atoms with E-state index in [1.807, 2.05) is 26.0 Å². The molecule has 34 heavy (non-hydrogen) atoms. The largest absolute Gasteiger partial charge is 0.496 e. The van der Waals surface area contributed by atoms with Crippen LogP contribution in [0, 0.1) is 12.8 Å². The molecule has 3 unspecified atom stereocenters. The van der Waals surface area contributed by atoms with E-state index in [9.17, 15) is 18.3 Å². The predicted octanol–water partition coefficient (Wildman–Crippen LogP) is 6.51. The van der Waals surface area contributed by atoms with Gasteiger partial charge in [0, 0.05) is 23.7 Å². The normalized spacial score (nSPS) is 16.1. The summed E-state index contributed by atoms with van der Waals surface area (Å²) in [5, 5.41) is 11.5. The molecule has 0 saturated carbocycles. The van der Waals surface area contributed by atoms with Gasteiger partial charge in [-0.1, -0.05) is 45.9 Å². The average Bonchev–Trinajstić information content (AvgIpc) is 2.79. The van der Waals surface area contributed by atoms with E-state index in [4.69, 9.17) is 4.74 Å². The molecular formula is C26H30F3N3O2. The molecule has 2 aromatic carbocycles. The van der Waals surface area contributed by atoms with E-state index in [0.717, 1.165) is 5.56 Å². The Hall–Kier alpha value is -3.00. The molecule has 3 atom stereocenters. The van der Waals surface area contributed by atoms with Gasteiger partial charge in [-0.2, -0.15) is 13.2 Å². The van der Waals surface area contributed by atoms with Crippen LogP contribution in [-0.2, 0) is 0 Å². The molecule has 0 aliphatic heterocycles. The lowest BCUT2D eigenvalue weighted by Gasteiger charge is -2.36. The van der Waals surface area contributed by atoms with E-state index in [-0.39, 0.29) is 11.6 Å². The van der Waals surface area contributed by atoms with Crippen LogP contribution in [0.15, 0.2) is 47.6 Å². The SMILES string of the molecule is COc1cc(C(C)C)ccc1C(C)C(C)C(O)(/C=N/c1cccc2nc(C)ncc12)C(F)(F)F. The molecule has 0 spiro atoms. The first-order valence-electron chi connectivity index (χ1n) is 11.1. The molecule has 3 rings (SSSR count). The summed E-state index contributed by atoms with van der Waals surface area (Å²) in [4.78, 5) is 12.5. The molecule has 0 radical (unpaired) electrons. The Balaban J connectivity index is 2.03. The van der Waals surface area contributed by atoms with E-state index in [0.29, 0.717) is 34.3 Å². The van der Waals surface area contributed by atoms with E-state index in [1.165, 1.54) is 20.2 Å². The molecule has 5 nitrogen and oxygen atoms in total. The number of hydrogen-bond donors (Lipinski definition) is 1. The van der Waals surface area contributed by atoms with Gasteiger partial charge in [0.2, 0.25) is 0 Å². The monoisotopic (exact) mass is 473 g/mol. The van der Waals surface area contributed by atoms with Crippen molar-refractivity contribution in [2.75, 3.05) is 7.11 Å². The number of aliphatic hydroxyl groups is 1. The first-order valence-corrected chi connectivity index (χ1v) is 11.1. The summed E-state index contributed by atoms with van der Waals surface area (Å²) in [5.41, 5.74) is -0.763. The summed E-state index contributed by atoms with van der Waals surface area (Å²) in [5.74, 6) is -0.673. The number of aromatic nitrogens is 2. The summed E-state index contributed by atoms with van der Waals surface area (Å²) >= 11 is 0. The van der Waals surface area contributed by atoms with E-state index >= 15 is 0 Å². The zero-order valence-corrected chi connectivity index (χ0v) is 20.2. The number of nitrogens with zero attached hydrogens (tertiary/aromatic N) is 3. The molecule has 3 aromatic rings. The standard InChI is InChI=1S/C26H30F3N3O2/c1-15(2)19-10-11-20(24(12-19)34-6)16(3)17(4)25(33,26(27,28)29)14-31-22-8-7-9-23-21(22)13-30-18(5)32-23/h7-17,33H,1-6H3/b31-14+. The Bertz CT molecular complexity index is 1190. The summed E-state index contributed by atoms with van der Waals surface area (Å²) in [6, 6.07) is 10.4. The minimum Gasteiger partial charge on any atom is -0.496 e. The van der Waals surface area contributed by atoms with Crippen LogP contribution < -0.4 is 4.74 Å². The second-order valence-corrected chi connectivity index (χ2v) is 8.94. The van der Waals surface area contributed by atoms with Crippen LogP contribution in [0.2, 0.25) is 0 Å². The fourth-order valence-electron chi connectivity index (χ4n) is 3.98. The molecule has 0 saturated heterocycles. The predicted molar refractivity (Wildman–Crippen MR) is 128 cm³/mol. The Morgan fingerprint density at radius 3 is 2.41 bits per heavy atom. The van der Waals surface area contributed by atoms with Crippen LogP contribution >= 0.6 is 0 Å². The third-order valence-electron chi connectivity index (χ3n) is 6.44. The molecular weight excluding hydrogens is 443 g/mol. The van der Waals surface area contributed by atoms with Crippen molar-refractivity contribution in [3.05, 3.63) is 59.5 Å². The lowest BCUT2D eigenvalue weighted by Crippen LogP contribution is -2.53. The number of hydrogen-bond acceptors (Lipinski definition) is 5. The lowest BCUT2D eigenvalue weighted by atomic mass is 9.76. The second-order valence-electron chi connectivity index (χ2n) is 8.94. The van der Waals surface area contributed by atoms with Crippen molar-refractivity contribution in [2.24, 2.45) is 10.9 Å². The van der Waals surface area contributed by atoms with Crippen LogP contribution in [0.25, 0.3) is 10.9 Å². The lowest BCUT2D eigenvalue weighted by molar-refractivity contribution is -0.246. The van der Waals surface area contributed by atoms with Gasteiger partial charge in [0.1, 0.15) is 11.6 Å². The number of benzene rings is 2. The summed E-state index contributed by atoms with van der Waals surface area (Å²) in [6.07, 6.45) is -2.84. The maximum Gasteiger partial charge on any atom is 0.422 e. The smallest absolute Gasteiger partial charge is 0.422 e. The third kappa shape index (κ3) is 4.92. The highest BCUT2D eigenvalue weighted by Gasteiger charge is 2.57. The van der Waals surface area contributed by atoms with Gasteiger partial charge < -0.3 is 9.84 Å². The Morgan fingerprint density at radius 1 is 1.09 bits per heavy atom. The Morgan fingerprint density at radius 2 is 1.79 bits per heavy atom. The van der Waals surface area contributed by atoms with Crippen molar-refractivity contribution >= 4 is 22.8 Å². The molecule has 182 valence electrons. The molecule has 1 heterocycles. The number of halogens is 3. The van der Waals surface area contributed by atoms with Gasteiger partial charge in [0.05, 0.1) is 18.3 Å². The van der Waals surface area contributed by atoms with Crippen molar-refractivity contribution in [1.82, 2.24) is 9.97 Å². The van der Waals surface area contributed by atoms with Gasteiger partial charge in [-0.15, -0.1) is 0 Å². The minimum absolute atomic E-state index is 0.239. The highest BCUT2D eigenvalue weighted by molar-refractivity contribution is 5.91. The third-order valence-corrected chi connectivity index (χ3v) is 6.44. The first-order chi connectivity index (χ1) is 15.9. The van der Waals surface area contributed by atoms with Gasteiger partial charge in [-0.05, 0) is 48.1 Å². The first kappa shape index (κ1) is 25.6.